The number of primary amides is 1. The molecule has 0 aliphatic carbocycles. The molecule has 3 N–H and O–H groups in total. The van der Waals surface area contributed by atoms with Crippen molar-refractivity contribution in [2.45, 2.75) is 19.4 Å². The smallest absolute Gasteiger partial charge is 0.317 e. The molecule has 1 rings (SSSR count). The normalized spacial score (nSPS) is 20.6. The topological polar surface area (TPSA) is 86.9 Å². The van der Waals surface area contributed by atoms with Crippen LogP contribution >= 0.6 is 0 Å². The van der Waals surface area contributed by atoms with Gasteiger partial charge in [-0.25, -0.2) is 0 Å². The van der Waals surface area contributed by atoms with E-state index in [1.165, 1.54) is 0 Å². The van der Waals surface area contributed by atoms with Crippen LogP contribution in [0.4, 0.5) is 0 Å². The van der Waals surface area contributed by atoms with Crippen LogP contribution in [-0.4, -0.2) is 65.5 Å². The van der Waals surface area contributed by atoms with E-state index in [9.17, 15) is 9.59 Å². The number of carboxylic acid groups (broad SMARTS) is 1. The van der Waals surface area contributed by atoms with Gasteiger partial charge in [-0.3, -0.25) is 19.4 Å². The van der Waals surface area contributed by atoms with Crippen molar-refractivity contribution < 1.29 is 14.7 Å². The molecule has 16 heavy (non-hydrogen) atoms. The number of nitrogens with zero attached hydrogens (tertiary/aromatic N) is 2. The van der Waals surface area contributed by atoms with Crippen LogP contribution in [0.5, 0.6) is 0 Å². The van der Waals surface area contributed by atoms with E-state index >= 15 is 0 Å². The van der Waals surface area contributed by atoms with Crippen molar-refractivity contribution in [3.05, 3.63) is 0 Å². The molecule has 0 aromatic carbocycles. The van der Waals surface area contributed by atoms with Gasteiger partial charge in [-0.2, -0.15) is 0 Å². The van der Waals surface area contributed by atoms with E-state index in [4.69, 9.17) is 10.8 Å². The van der Waals surface area contributed by atoms with Gasteiger partial charge in [0.05, 0.1) is 12.6 Å². The van der Waals surface area contributed by atoms with Gasteiger partial charge < -0.3 is 10.8 Å². The molecule has 0 bridgehead atoms. The van der Waals surface area contributed by atoms with Crippen LogP contribution in [-0.2, 0) is 9.59 Å². The first-order valence-corrected chi connectivity index (χ1v) is 5.52. The highest BCUT2D eigenvalue weighted by Crippen LogP contribution is 2.08. The summed E-state index contributed by atoms with van der Waals surface area (Å²) >= 11 is 0. The summed E-state index contributed by atoms with van der Waals surface area (Å²) in [5.74, 6) is -1.11. The minimum atomic E-state index is -0.810. The number of rotatable bonds is 5. The molecule has 0 spiro atoms. The first-order chi connectivity index (χ1) is 7.54. The lowest BCUT2D eigenvalue weighted by Crippen LogP contribution is -2.54. The van der Waals surface area contributed by atoms with Crippen LogP contribution in [0.2, 0.25) is 0 Å². The number of aliphatic carboxylic acids is 1. The Morgan fingerprint density at radius 2 is 1.88 bits per heavy atom. The molecule has 1 aliphatic heterocycles. The van der Waals surface area contributed by atoms with Gasteiger partial charge in [-0.15, -0.1) is 0 Å². The number of carbonyl (C=O) groups excluding carboxylic acids is 1. The second-order valence-corrected chi connectivity index (χ2v) is 4.03. The molecule has 0 radical (unpaired) electrons. The third-order valence-corrected chi connectivity index (χ3v) is 2.92. The molecular formula is C10H19N3O3. The Bertz CT molecular complexity index is 262. The fourth-order valence-corrected chi connectivity index (χ4v) is 2.06. The Morgan fingerprint density at radius 3 is 2.25 bits per heavy atom. The van der Waals surface area contributed by atoms with E-state index in [2.05, 4.69) is 0 Å². The predicted octanol–water partition coefficient (Wildman–Crippen LogP) is -1.05. The number of hydrogen-bond acceptors (Lipinski definition) is 4. The van der Waals surface area contributed by atoms with E-state index in [1.54, 1.807) is 0 Å². The van der Waals surface area contributed by atoms with Crippen LogP contribution in [0, 0.1) is 0 Å². The molecule has 6 nitrogen and oxygen atoms in total. The number of piperazine rings is 1. The average Bonchev–Trinajstić information content (AvgIpc) is 2.20. The zero-order valence-electron chi connectivity index (χ0n) is 9.56. The van der Waals surface area contributed by atoms with Gasteiger partial charge in [0.15, 0.2) is 0 Å². The van der Waals surface area contributed by atoms with Crippen molar-refractivity contribution in [3.63, 3.8) is 0 Å². The molecule has 1 heterocycles. The summed E-state index contributed by atoms with van der Waals surface area (Å²) in [6.45, 7) is 4.76. The molecule has 1 atom stereocenters. The van der Waals surface area contributed by atoms with E-state index in [1.807, 2.05) is 16.7 Å². The number of amides is 1. The summed E-state index contributed by atoms with van der Waals surface area (Å²) in [5.41, 5.74) is 5.31. The van der Waals surface area contributed by atoms with Gasteiger partial charge in [-0.1, -0.05) is 6.92 Å². The fraction of sp³-hybridized carbons (Fsp3) is 0.800. The lowest BCUT2D eigenvalue weighted by atomic mass is 10.1. The Labute approximate surface area is 95.0 Å². The third kappa shape index (κ3) is 3.46. The number of nitrogens with two attached hydrogens (primary N) is 1. The summed E-state index contributed by atoms with van der Waals surface area (Å²) in [7, 11) is 0. The number of hydrogen-bond donors (Lipinski definition) is 2. The van der Waals surface area contributed by atoms with E-state index in [0.717, 1.165) is 0 Å². The zero-order chi connectivity index (χ0) is 12.1. The average molecular weight is 229 g/mol. The quantitative estimate of drug-likeness (QED) is 0.628. The van der Waals surface area contributed by atoms with Crippen molar-refractivity contribution in [2.24, 2.45) is 5.73 Å². The lowest BCUT2D eigenvalue weighted by molar-refractivity contribution is -0.139. The molecule has 0 saturated carbocycles. The summed E-state index contributed by atoms with van der Waals surface area (Å²) in [6.07, 6.45) is 0.703. The molecular weight excluding hydrogens is 210 g/mol. The largest absolute Gasteiger partial charge is 0.480 e. The molecule has 0 aromatic heterocycles. The van der Waals surface area contributed by atoms with Crippen LogP contribution in [0.15, 0.2) is 0 Å². The van der Waals surface area contributed by atoms with E-state index < -0.39 is 5.97 Å². The third-order valence-electron chi connectivity index (χ3n) is 2.92. The summed E-state index contributed by atoms with van der Waals surface area (Å²) in [6, 6.07) is -0.216. The van der Waals surface area contributed by atoms with Gasteiger partial charge >= 0.3 is 5.97 Å². The molecule has 1 amide bonds. The zero-order valence-corrected chi connectivity index (χ0v) is 9.56. The van der Waals surface area contributed by atoms with Gasteiger partial charge in [-0.05, 0) is 6.42 Å². The van der Waals surface area contributed by atoms with E-state index in [-0.39, 0.29) is 18.5 Å². The van der Waals surface area contributed by atoms with Crippen molar-refractivity contribution in [3.8, 4) is 0 Å². The van der Waals surface area contributed by atoms with E-state index in [0.29, 0.717) is 32.6 Å². The summed E-state index contributed by atoms with van der Waals surface area (Å²) in [5, 5.41) is 8.65. The molecule has 1 saturated heterocycles. The molecule has 1 fully saturated rings. The standard InChI is InChI=1S/C10H19N3O3/c1-2-8(10(11)16)13-5-3-12(4-6-13)7-9(14)15/h8H,2-7H2,1H3,(H2,11,16)(H,14,15). The van der Waals surface area contributed by atoms with Gasteiger partial charge in [0.25, 0.3) is 0 Å². The van der Waals surface area contributed by atoms with Crippen molar-refractivity contribution in [1.29, 1.82) is 0 Å². The second kappa shape index (κ2) is 5.81. The highest BCUT2D eigenvalue weighted by molar-refractivity contribution is 5.79. The molecule has 1 aliphatic rings. The minimum absolute atomic E-state index is 0.0706. The monoisotopic (exact) mass is 229 g/mol. The van der Waals surface area contributed by atoms with Crippen LogP contribution < -0.4 is 5.73 Å². The highest BCUT2D eigenvalue weighted by atomic mass is 16.4. The van der Waals surface area contributed by atoms with Gasteiger partial charge in [0.2, 0.25) is 5.91 Å². The van der Waals surface area contributed by atoms with Crippen molar-refractivity contribution >= 4 is 11.9 Å². The predicted molar refractivity (Wildman–Crippen MR) is 58.9 cm³/mol. The van der Waals surface area contributed by atoms with Gasteiger partial charge in [0.1, 0.15) is 0 Å². The Morgan fingerprint density at radius 1 is 1.31 bits per heavy atom. The second-order valence-electron chi connectivity index (χ2n) is 4.03. The van der Waals surface area contributed by atoms with Crippen LogP contribution in [0.1, 0.15) is 13.3 Å². The molecule has 0 aromatic rings. The van der Waals surface area contributed by atoms with Gasteiger partial charge in [0, 0.05) is 26.2 Å². The Balaban J connectivity index is 2.41. The fourth-order valence-electron chi connectivity index (χ4n) is 2.06. The first-order valence-electron chi connectivity index (χ1n) is 5.52. The maximum Gasteiger partial charge on any atom is 0.317 e. The lowest BCUT2D eigenvalue weighted by Gasteiger charge is -2.37. The highest BCUT2D eigenvalue weighted by Gasteiger charge is 2.26. The number of carbonyl (C=O) groups is 2. The van der Waals surface area contributed by atoms with Crippen LogP contribution in [0.25, 0.3) is 0 Å². The van der Waals surface area contributed by atoms with Crippen molar-refractivity contribution in [1.82, 2.24) is 9.80 Å². The number of carboxylic acids is 1. The van der Waals surface area contributed by atoms with Crippen LogP contribution in [0.3, 0.4) is 0 Å². The molecule has 92 valence electrons. The van der Waals surface area contributed by atoms with Crippen molar-refractivity contribution in [2.75, 3.05) is 32.7 Å². The molecule has 1 unspecified atom stereocenters. The molecule has 6 heteroatoms. The SMILES string of the molecule is CCC(C(N)=O)N1CCN(CC(=O)O)CC1. The Kier molecular flexibility index (Phi) is 4.70. The first kappa shape index (κ1) is 12.9. The maximum atomic E-state index is 11.2. The maximum absolute atomic E-state index is 11.2. The summed E-state index contributed by atoms with van der Waals surface area (Å²) < 4.78 is 0. The summed E-state index contributed by atoms with van der Waals surface area (Å²) in [4.78, 5) is 25.6. The minimum Gasteiger partial charge on any atom is -0.480 e. The Hall–Kier alpha value is -1.14.